The largest absolute Gasteiger partial charge is 0.488 e. The Bertz CT molecular complexity index is 1210. The minimum atomic E-state index is -3.56. The molecule has 0 aliphatic rings. The van der Waals surface area contributed by atoms with Crippen LogP contribution < -0.4 is 10.1 Å². The average Bonchev–Trinajstić information content (AvgIpc) is 3.47. The zero-order valence-corrected chi connectivity index (χ0v) is 29.6. The number of unbranched alkanes of at least 4 members (excludes halogenated alkanes) is 12. The summed E-state index contributed by atoms with van der Waals surface area (Å²) in [5.74, 6) is 0.925. The lowest BCUT2D eigenvalue weighted by molar-refractivity contribution is -0.121. The second kappa shape index (κ2) is 19.9. The first kappa shape index (κ1) is 38.7. The lowest BCUT2D eigenvalue weighted by atomic mass is 10.0. The zero-order chi connectivity index (χ0) is 33.2. The predicted octanol–water partition coefficient (Wildman–Crippen LogP) is 8.47. The van der Waals surface area contributed by atoms with Crippen LogP contribution in [0, 0.1) is 0 Å². The van der Waals surface area contributed by atoms with Crippen LogP contribution in [0.4, 0.5) is 0 Å². The minimum absolute atomic E-state index is 0.129. The normalized spacial score (nSPS) is 12.4. The third-order valence-electron chi connectivity index (χ3n) is 7.97. The van der Waals surface area contributed by atoms with Gasteiger partial charge < -0.3 is 19.2 Å². The first-order chi connectivity index (χ1) is 21.3. The van der Waals surface area contributed by atoms with E-state index >= 15 is 0 Å². The first-order valence-electron chi connectivity index (χ1n) is 17.0. The quantitative estimate of drug-likeness (QED) is 0.106. The fraction of sp³-hybridized carbons (Fsp3) is 0.743. The molecule has 1 aromatic heterocycles. The highest BCUT2D eigenvalue weighted by molar-refractivity contribution is 7.90. The number of nitrogens with zero attached hydrogens (tertiary/aromatic N) is 2. The van der Waals surface area contributed by atoms with Crippen molar-refractivity contribution in [2.45, 2.75) is 154 Å². The van der Waals surface area contributed by atoms with Gasteiger partial charge in [-0.1, -0.05) is 89.1 Å². The van der Waals surface area contributed by atoms with Crippen LogP contribution in [0.5, 0.6) is 5.75 Å². The molecule has 1 heterocycles. The van der Waals surface area contributed by atoms with Gasteiger partial charge in [-0.05, 0) is 64.8 Å². The van der Waals surface area contributed by atoms with Gasteiger partial charge in [0, 0.05) is 31.2 Å². The van der Waals surface area contributed by atoms with E-state index in [4.69, 9.17) is 13.9 Å². The van der Waals surface area contributed by atoms with Gasteiger partial charge in [-0.3, -0.25) is 4.79 Å². The van der Waals surface area contributed by atoms with E-state index < -0.39 is 20.7 Å². The van der Waals surface area contributed by atoms with E-state index in [-0.39, 0.29) is 17.4 Å². The van der Waals surface area contributed by atoms with Crippen molar-refractivity contribution >= 4 is 15.7 Å². The highest BCUT2D eigenvalue weighted by atomic mass is 32.2. The fourth-order valence-corrected chi connectivity index (χ4v) is 5.47. The fourth-order valence-electron chi connectivity index (χ4n) is 5.05. The molecule has 10 heteroatoms. The highest BCUT2D eigenvalue weighted by Crippen LogP contribution is 2.26. The molecule has 0 radical (unpaired) electrons. The standard InChI is InChI=1S/C35H59N3O6S/c1-7-8-9-10-11-12-13-14-15-16-17-18-19-20-31(39)36-27-25-34(2,3)42-28-26-35(4,5)44-30-23-21-29(22-24-30)32-37-38-33(43-32)45(6,40)41/h21-24H,7-20,25-28H2,1-6H3,(H,36,39). The van der Waals surface area contributed by atoms with Crippen molar-refractivity contribution in [3.8, 4) is 17.2 Å². The van der Waals surface area contributed by atoms with Gasteiger partial charge in [0.1, 0.15) is 11.4 Å². The molecule has 0 atom stereocenters. The Balaban J connectivity index is 1.54. The molecule has 0 saturated carbocycles. The number of sulfone groups is 1. The lowest BCUT2D eigenvalue weighted by Gasteiger charge is -2.30. The minimum Gasteiger partial charge on any atom is -0.488 e. The molecule has 0 saturated heterocycles. The summed E-state index contributed by atoms with van der Waals surface area (Å²) in [6.07, 6.45) is 20.0. The molecule has 0 unspecified atom stereocenters. The van der Waals surface area contributed by atoms with Gasteiger partial charge in [-0.2, -0.15) is 0 Å². The maximum absolute atomic E-state index is 12.3. The zero-order valence-electron chi connectivity index (χ0n) is 28.8. The molecule has 0 aliphatic heterocycles. The number of rotatable bonds is 25. The summed E-state index contributed by atoms with van der Waals surface area (Å²) in [5, 5.41) is 10.1. The van der Waals surface area contributed by atoms with E-state index in [2.05, 4.69) is 22.4 Å². The third-order valence-corrected chi connectivity index (χ3v) is 8.77. The van der Waals surface area contributed by atoms with Gasteiger partial charge in [0.2, 0.25) is 21.6 Å². The Kier molecular flexibility index (Phi) is 17.1. The molecule has 1 N–H and O–H groups in total. The topological polar surface area (TPSA) is 121 Å². The molecule has 45 heavy (non-hydrogen) atoms. The number of carbonyl (C=O) groups excluding carboxylic acids is 1. The van der Waals surface area contributed by atoms with Crippen molar-refractivity contribution in [1.29, 1.82) is 0 Å². The van der Waals surface area contributed by atoms with Crippen LogP contribution in [0.25, 0.3) is 11.5 Å². The molecule has 256 valence electrons. The Morgan fingerprint density at radius 2 is 1.36 bits per heavy atom. The SMILES string of the molecule is CCCCCCCCCCCCCCCC(=O)NCCC(C)(C)OCCC(C)(C)Oc1ccc(-c2nnc(S(C)(=O)=O)o2)cc1. The molecule has 1 amide bonds. The highest BCUT2D eigenvalue weighted by Gasteiger charge is 2.24. The number of benzene rings is 1. The van der Waals surface area contributed by atoms with Crippen molar-refractivity contribution in [2.24, 2.45) is 0 Å². The summed E-state index contributed by atoms with van der Waals surface area (Å²) in [4.78, 5) is 12.3. The monoisotopic (exact) mass is 649 g/mol. The van der Waals surface area contributed by atoms with Crippen molar-refractivity contribution in [3.63, 3.8) is 0 Å². The first-order valence-corrected chi connectivity index (χ1v) is 18.9. The van der Waals surface area contributed by atoms with E-state index in [9.17, 15) is 13.2 Å². The summed E-state index contributed by atoms with van der Waals surface area (Å²) >= 11 is 0. The molecular formula is C35H59N3O6S. The molecule has 0 aliphatic carbocycles. The van der Waals surface area contributed by atoms with E-state index in [0.29, 0.717) is 37.3 Å². The summed E-state index contributed by atoms with van der Waals surface area (Å²) < 4.78 is 40.8. The summed E-state index contributed by atoms with van der Waals surface area (Å²) in [6, 6.07) is 7.06. The summed E-state index contributed by atoms with van der Waals surface area (Å²) in [7, 11) is -3.56. The van der Waals surface area contributed by atoms with Crippen LogP contribution in [-0.2, 0) is 19.4 Å². The van der Waals surface area contributed by atoms with E-state index in [1.165, 1.54) is 70.6 Å². The van der Waals surface area contributed by atoms with Gasteiger partial charge in [0.05, 0.1) is 12.2 Å². The molecule has 2 aromatic rings. The van der Waals surface area contributed by atoms with Crippen LogP contribution in [0.2, 0.25) is 0 Å². The second-order valence-corrected chi connectivity index (χ2v) is 15.4. The number of aromatic nitrogens is 2. The van der Waals surface area contributed by atoms with Crippen molar-refractivity contribution in [3.05, 3.63) is 24.3 Å². The molecule has 0 spiro atoms. The lowest BCUT2D eigenvalue weighted by Crippen LogP contribution is -2.35. The van der Waals surface area contributed by atoms with Crippen molar-refractivity contribution in [2.75, 3.05) is 19.4 Å². The summed E-state index contributed by atoms with van der Waals surface area (Å²) in [5.41, 5.74) is -0.243. The Labute approximate surface area is 272 Å². The molecule has 9 nitrogen and oxygen atoms in total. The molecule has 0 fully saturated rings. The predicted molar refractivity (Wildman–Crippen MR) is 180 cm³/mol. The molecular weight excluding hydrogens is 590 g/mol. The van der Waals surface area contributed by atoms with E-state index in [1.54, 1.807) is 24.3 Å². The van der Waals surface area contributed by atoms with Crippen LogP contribution in [0.15, 0.2) is 33.9 Å². The van der Waals surface area contributed by atoms with Gasteiger partial charge in [0.25, 0.3) is 0 Å². The number of hydrogen-bond acceptors (Lipinski definition) is 8. The van der Waals surface area contributed by atoms with Gasteiger partial charge >= 0.3 is 5.22 Å². The van der Waals surface area contributed by atoms with Crippen LogP contribution >= 0.6 is 0 Å². The van der Waals surface area contributed by atoms with Crippen LogP contribution in [0.1, 0.15) is 137 Å². The van der Waals surface area contributed by atoms with Crippen molar-refractivity contribution < 1.29 is 27.1 Å². The van der Waals surface area contributed by atoms with Crippen LogP contribution in [-0.4, -0.2) is 55.1 Å². The average molecular weight is 650 g/mol. The Morgan fingerprint density at radius 3 is 1.89 bits per heavy atom. The van der Waals surface area contributed by atoms with Crippen molar-refractivity contribution in [1.82, 2.24) is 15.5 Å². The number of nitrogens with one attached hydrogen (secondary N) is 1. The molecule has 0 bridgehead atoms. The Hall–Kier alpha value is -2.46. The number of ether oxygens (including phenoxy) is 2. The molecule has 1 aromatic carbocycles. The summed E-state index contributed by atoms with van der Waals surface area (Å²) in [6.45, 7) is 11.5. The Morgan fingerprint density at radius 1 is 0.800 bits per heavy atom. The van der Waals surface area contributed by atoms with Gasteiger partial charge in [-0.25, -0.2) is 8.42 Å². The van der Waals surface area contributed by atoms with Gasteiger partial charge in [0.15, 0.2) is 0 Å². The molecule has 2 rings (SSSR count). The van der Waals surface area contributed by atoms with E-state index in [0.717, 1.165) is 25.5 Å². The van der Waals surface area contributed by atoms with E-state index in [1.807, 2.05) is 27.7 Å². The third kappa shape index (κ3) is 17.1. The second-order valence-electron chi connectivity index (χ2n) is 13.5. The maximum Gasteiger partial charge on any atom is 0.335 e. The number of amides is 1. The smallest absolute Gasteiger partial charge is 0.335 e. The van der Waals surface area contributed by atoms with Crippen LogP contribution in [0.3, 0.4) is 0 Å². The maximum atomic E-state index is 12.3. The van der Waals surface area contributed by atoms with Gasteiger partial charge in [-0.15, -0.1) is 5.10 Å². The number of hydrogen-bond donors (Lipinski definition) is 1. The number of carbonyl (C=O) groups is 1.